The number of aryl methyl sites for hydroxylation is 1. The Morgan fingerprint density at radius 3 is 2.38 bits per heavy atom. The second kappa shape index (κ2) is 5.28. The quantitative estimate of drug-likeness (QED) is 0.789. The number of hydrogen-bond acceptors (Lipinski definition) is 3. The molecule has 2 heterocycles. The van der Waals surface area contributed by atoms with Crippen molar-refractivity contribution in [1.29, 1.82) is 0 Å². The van der Waals surface area contributed by atoms with Crippen LogP contribution in [0.4, 0.5) is 5.82 Å². The molecule has 1 atom stereocenters. The Morgan fingerprint density at radius 1 is 0.917 bits per heavy atom. The third kappa shape index (κ3) is 1.97. The fourth-order valence-electron chi connectivity index (χ4n) is 3.24. The van der Waals surface area contributed by atoms with Gasteiger partial charge in [-0.2, -0.15) is 0 Å². The number of aromatic nitrogens is 1. The molecule has 4 heteroatoms. The number of nitrogens with zero attached hydrogens (tertiary/aromatic N) is 2. The number of aliphatic hydroxyl groups is 1. The highest BCUT2D eigenvalue weighted by atomic mass is 16.3. The number of pyridine rings is 1. The molecule has 3 aromatic rings. The first-order valence-corrected chi connectivity index (χ1v) is 7.78. The van der Waals surface area contributed by atoms with E-state index in [9.17, 15) is 9.90 Å². The molecule has 1 amide bonds. The van der Waals surface area contributed by atoms with Gasteiger partial charge in [-0.25, -0.2) is 4.98 Å². The zero-order valence-electron chi connectivity index (χ0n) is 13.2. The Balaban J connectivity index is 2.00. The molecule has 0 aliphatic carbocycles. The van der Waals surface area contributed by atoms with Crippen molar-refractivity contribution in [1.82, 2.24) is 4.98 Å². The Hall–Kier alpha value is -2.98. The minimum Gasteiger partial charge on any atom is -0.363 e. The van der Waals surface area contributed by atoms with Gasteiger partial charge in [-0.05, 0) is 25.1 Å². The van der Waals surface area contributed by atoms with Crippen molar-refractivity contribution in [2.24, 2.45) is 0 Å². The van der Waals surface area contributed by atoms with E-state index in [1.165, 1.54) is 4.90 Å². The van der Waals surface area contributed by atoms with Crippen LogP contribution in [0.25, 0.3) is 0 Å². The highest BCUT2D eigenvalue weighted by Gasteiger charge is 2.51. The van der Waals surface area contributed by atoms with Crippen LogP contribution in [0.15, 0.2) is 72.8 Å². The lowest BCUT2D eigenvalue weighted by Crippen LogP contribution is -2.45. The van der Waals surface area contributed by atoms with Crippen LogP contribution >= 0.6 is 0 Å². The van der Waals surface area contributed by atoms with Crippen LogP contribution in [0, 0.1) is 6.92 Å². The standard InChI is InChI=1S/C20H16N2O2/c1-14-8-7-13-18(21-14)22-19(23)16-11-5-6-12-17(16)20(22,24)15-9-3-2-4-10-15/h2-13,24H,1H3/t20-/m1/s1. The summed E-state index contributed by atoms with van der Waals surface area (Å²) >= 11 is 0. The van der Waals surface area contributed by atoms with Gasteiger partial charge >= 0.3 is 0 Å². The molecule has 1 aliphatic rings. The summed E-state index contributed by atoms with van der Waals surface area (Å²) in [5.41, 5.74) is 0.908. The molecule has 1 N–H and O–H groups in total. The van der Waals surface area contributed by atoms with Crippen molar-refractivity contribution in [2.45, 2.75) is 12.6 Å². The molecular formula is C20H16N2O2. The summed E-state index contributed by atoms with van der Waals surface area (Å²) in [6.45, 7) is 1.86. The molecule has 0 saturated heterocycles. The molecule has 4 rings (SSSR count). The molecule has 0 bridgehead atoms. The van der Waals surface area contributed by atoms with E-state index in [0.29, 0.717) is 22.5 Å². The maximum Gasteiger partial charge on any atom is 0.262 e. The predicted octanol–water partition coefficient (Wildman–Crippen LogP) is 3.24. The predicted molar refractivity (Wildman–Crippen MR) is 91.7 cm³/mol. The topological polar surface area (TPSA) is 53.4 Å². The van der Waals surface area contributed by atoms with Crippen LogP contribution in [0.5, 0.6) is 0 Å². The third-order valence-electron chi connectivity index (χ3n) is 4.34. The van der Waals surface area contributed by atoms with Gasteiger partial charge in [0.25, 0.3) is 5.91 Å². The smallest absolute Gasteiger partial charge is 0.262 e. The van der Waals surface area contributed by atoms with Gasteiger partial charge in [-0.15, -0.1) is 0 Å². The lowest BCUT2D eigenvalue weighted by atomic mass is 9.94. The Kier molecular flexibility index (Phi) is 3.22. The lowest BCUT2D eigenvalue weighted by molar-refractivity contribution is 0.0698. The average Bonchev–Trinajstić information content (AvgIpc) is 2.85. The summed E-state index contributed by atoms with van der Waals surface area (Å²) in [4.78, 5) is 18.9. The zero-order chi connectivity index (χ0) is 16.7. The van der Waals surface area contributed by atoms with Crippen LogP contribution in [-0.4, -0.2) is 16.0 Å². The first kappa shape index (κ1) is 14.6. The Bertz CT molecular complexity index is 924. The van der Waals surface area contributed by atoms with Crippen molar-refractivity contribution in [3.8, 4) is 0 Å². The van der Waals surface area contributed by atoms with Crippen molar-refractivity contribution in [3.05, 3.63) is 95.2 Å². The van der Waals surface area contributed by atoms with E-state index in [1.54, 1.807) is 24.3 Å². The van der Waals surface area contributed by atoms with Gasteiger partial charge in [0.2, 0.25) is 0 Å². The molecule has 0 spiro atoms. The highest BCUT2D eigenvalue weighted by molar-refractivity contribution is 6.11. The van der Waals surface area contributed by atoms with Gasteiger partial charge in [0.15, 0.2) is 5.72 Å². The number of rotatable bonds is 2. The summed E-state index contributed by atoms with van der Waals surface area (Å²) in [6, 6.07) is 21.8. The van der Waals surface area contributed by atoms with Crippen LogP contribution in [0.1, 0.15) is 27.2 Å². The van der Waals surface area contributed by atoms with Gasteiger partial charge in [0, 0.05) is 22.4 Å². The van der Waals surface area contributed by atoms with Crippen LogP contribution in [0.2, 0.25) is 0 Å². The molecule has 2 aromatic carbocycles. The SMILES string of the molecule is Cc1cccc(N2C(=O)c3ccccc3[C@]2(O)c2ccccc2)n1. The van der Waals surface area contributed by atoms with Crippen LogP contribution in [-0.2, 0) is 5.72 Å². The van der Waals surface area contributed by atoms with E-state index in [2.05, 4.69) is 4.98 Å². The average molecular weight is 316 g/mol. The Morgan fingerprint density at radius 2 is 1.62 bits per heavy atom. The number of fused-ring (bicyclic) bond motifs is 1. The molecule has 24 heavy (non-hydrogen) atoms. The van der Waals surface area contributed by atoms with E-state index in [1.807, 2.05) is 55.5 Å². The fourth-order valence-corrected chi connectivity index (χ4v) is 3.24. The number of anilines is 1. The molecule has 0 unspecified atom stereocenters. The molecule has 1 aromatic heterocycles. The van der Waals surface area contributed by atoms with Crippen LogP contribution in [0.3, 0.4) is 0 Å². The monoisotopic (exact) mass is 316 g/mol. The van der Waals surface area contributed by atoms with Crippen molar-refractivity contribution in [2.75, 3.05) is 4.90 Å². The van der Waals surface area contributed by atoms with Crippen LogP contribution < -0.4 is 4.90 Å². The number of carbonyl (C=O) groups is 1. The van der Waals surface area contributed by atoms with Gasteiger partial charge in [-0.3, -0.25) is 9.69 Å². The van der Waals surface area contributed by atoms with Crippen molar-refractivity contribution >= 4 is 11.7 Å². The summed E-state index contributed by atoms with van der Waals surface area (Å²) in [5, 5.41) is 11.7. The summed E-state index contributed by atoms with van der Waals surface area (Å²) in [5.74, 6) is 0.178. The molecule has 0 radical (unpaired) electrons. The Labute approximate surface area is 140 Å². The first-order valence-electron chi connectivity index (χ1n) is 7.78. The molecule has 0 saturated carbocycles. The number of amides is 1. The van der Waals surface area contributed by atoms with Gasteiger partial charge in [0.05, 0.1) is 0 Å². The summed E-state index contributed by atoms with van der Waals surface area (Å²) in [6.07, 6.45) is 0. The van der Waals surface area contributed by atoms with E-state index in [4.69, 9.17) is 0 Å². The van der Waals surface area contributed by atoms with Gasteiger partial charge in [-0.1, -0.05) is 54.6 Å². The number of carbonyl (C=O) groups excluding carboxylic acids is 1. The normalized spacial score (nSPS) is 19.4. The minimum absolute atomic E-state index is 0.255. The first-order chi connectivity index (χ1) is 11.6. The van der Waals surface area contributed by atoms with Gasteiger partial charge < -0.3 is 5.11 Å². The molecule has 4 nitrogen and oxygen atoms in total. The lowest BCUT2D eigenvalue weighted by Gasteiger charge is -2.34. The van der Waals surface area contributed by atoms with E-state index < -0.39 is 5.72 Å². The van der Waals surface area contributed by atoms with Gasteiger partial charge in [0.1, 0.15) is 5.82 Å². The van der Waals surface area contributed by atoms with Crippen molar-refractivity contribution < 1.29 is 9.90 Å². The van der Waals surface area contributed by atoms with E-state index >= 15 is 0 Å². The van der Waals surface area contributed by atoms with E-state index in [0.717, 1.165) is 5.69 Å². The molecule has 118 valence electrons. The maximum absolute atomic E-state index is 13.0. The molecule has 1 aliphatic heterocycles. The number of benzene rings is 2. The largest absolute Gasteiger partial charge is 0.363 e. The van der Waals surface area contributed by atoms with Crippen molar-refractivity contribution in [3.63, 3.8) is 0 Å². The summed E-state index contributed by atoms with van der Waals surface area (Å²) in [7, 11) is 0. The fraction of sp³-hybridized carbons (Fsp3) is 0.100. The second-order valence-electron chi connectivity index (χ2n) is 5.86. The maximum atomic E-state index is 13.0. The third-order valence-corrected chi connectivity index (χ3v) is 4.34. The number of hydrogen-bond donors (Lipinski definition) is 1. The van der Waals surface area contributed by atoms with E-state index in [-0.39, 0.29) is 5.91 Å². The molecular weight excluding hydrogens is 300 g/mol. The summed E-state index contributed by atoms with van der Waals surface area (Å²) < 4.78 is 0. The zero-order valence-corrected chi connectivity index (χ0v) is 13.2. The molecule has 0 fully saturated rings. The minimum atomic E-state index is -1.57. The second-order valence-corrected chi connectivity index (χ2v) is 5.86. The highest BCUT2D eigenvalue weighted by Crippen LogP contribution is 2.44.